The summed E-state index contributed by atoms with van der Waals surface area (Å²) in [7, 11) is 0. The maximum Gasteiger partial charge on any atom is 0.153 e. The molecule has 0 saturated carbocycles. The van der Waals surface area contributed by atoms with Gasteiger partial charge in [0, 0.05) is 30.9 Å². The molecule has 4 nitrogen and oxygen atoms in total. The quantitative estimate of drug-likeness (QED) is 0.881. The van der Waals surface area contributed by atoms with Crippen molar-refractivity contribution < 1.29 is 0 Å². The molecule has 0 saturated heterocycles. The van der Waals surface area contributed by atoms with E-state index in [0.717, 1.165) is 24.3 Å². The van der Waals surface area contributed by atoms with E-state index in [1.807, 2.05) is 18.2 Å². The molecule has 2 heterocycles. The third kappa shape index (κ3) is 3.17. The van der Waals surface area contributed by atoms with Gasteiger partial charge < -0.3 is 5.32 Å². The van der Waals surface area contributed by atoms with Gasteiger partial charge in [-0.3, -0.25) is 4.98 Å². The summed E-state index contributed by atoms with van der Waals surface area (Å²) in [5.74, 6) is 0. The number of nitrogens with one attached hydrogen (secondary N) is 1. The summed E-state index contributed by atoms with van der Waals surface area (Å²) in [5, 5.41) is 11.0. The van der Waals surface area contributed by atoms with E-state index >= 15 is 0 Å². The number of nitrogens with zero attached hydrogens (tertiary/aromatic N) is 3. The first kappa shape index (κ1) is 10.8. The van der Waals surface area contributed by atoms with Crippen LogP contribution >= 0.6 is 11.6 Å². The number of hydrogen-bond acceptors (Lipinski definition) is 4. The van der Waals surface area contributed by atoms with E-state index in [1.54, 1.807) is 18.5 Å². The first-order valence-electron chi connectivity index (χ1n) is 4.96. The Balaban J connectivity index is 1.85. The van der Waals surface area contributed by atoms with Gasteiger partial charge in [0.1, 0.15) is 0 Å². The van der Waals surface area contributed by atoms with Gasteiger partial charge in [-0.25, -0.2) is 0 Å². The Morgan fingerprint density at radius 3 is 3.00 bits per heavy atom. The zero-order valence-corrected chi connectivity index (χ0v) is 9.35. The van der Waals surface area contributed by atoms with Crippen LogP contribution in [-0.4, -0.2) is 21.7 Å². The molecule has 2 rings (SSSR count). The second kappa shape index (κ2) is 5.42. The molecule has 0 spiro atoms. The summed E-state index contributed by atoms with van der Waals surface area (Å²) in [6.45, 7) is 0.791. The minimum Gasteiger partial charge on any atom is -0.383 e. The number of pyridine rings is 1. The van der Waals surface area contributed by atoms with Crippen LogP contribution < -0.4 is 5.32 Å². The Morgan fingerprint density at radius 2 is 2.25 bits per heavy atom. The van der Waals surface area contributed by atoms with Crippen LogP contribution in [0.3, 0.4) is 0 Å². The van der Waals surface area contributed by atoms with Gasteiger partial charge >= 0.3 is 0 Å². The normalized spacial score (nSPS) is 10.1. The zero-order valence-electron chi connectivity index (χ0n) is 8.60. The predicted molar refractivity (Wildman–Crippen MR) is 63.5 cm³/mol. The van der Waals surface area contributed by atoms with Crippen molar-refractivity contribution >= 4 is 17.3 Å². The smallest absolute Gasteiger partial charge is 0.153 e. The molecular weight excluding hydrogens is 224 g/mol. The molecule has 0 radical (unpaired) electrons. The van der Waals surface area contributed by atoms with Crippen LogP contribution in [0.4, 0.5) is 5.69 Å². The van der Waals surface area contributed by atoms with Gasteiger partial charge in [0.15, 0.2) is 5.15 Å². The first-order chi connectivity index (χ1) is 7.84. The average Bonchev–Trinajstić information content (AvgIpc) is 2.30. The van der Waals surface area contributed by atoms with E-state index in [4.69, 9.17) is 11.6 Å². The number of anilines is 1. The molecule has 0 aliphatic carbocycles. The lowest BCUT2D eigenvalue weighted by Gasteiger charge is -2.04. The van der Waals surface area contributed by atoms with Crippen LogP contribution in [0.1, 0.15) is 5.69 Å². The molecule has 0 aromatic carbocycles. The highest BCUT2D eigenvalue weighted by Gasteiger charge is 1.96. The highest BCUT2D eigenvalue weighted by molar-refractivity contribution is 6.29. The number of hydrogen-bond donors (Lipinski definition) is 1. The van der Waals surface area contributed by atoms with E-state index in [0.29, 0.717) is 5.15 Å². The Hall–Kier alpha value is -1.68. The standard InChI is InChI=1S/C11H11ClN4/c12-11-7-10(8-15-16-11)14-6-4-9-3-1-2-5-13-9/h1-3,5,7-8H,4,6H2,(H,14,16). The van der Waals surface area contributed by atoms with Crippen LogP contribution in [-0.2, 0) is 6.42 Å². The third-order valence-corrected chi connectivity index (χ3v) is 2.25. The van der Waals surface area contributed by atoms with Crippen LogP contribution in [0.25, 0.3) is 0 Å². The van der Waals surface area contributed by atoms with Gasteiger partial charge in [-0.05, 0) is 12.1 Å². The molecule has 0 aliphatic heterocycles. The molecule has 0 unspecified atom stereocenters. The van der Waals surface area contributed by atoms with E-state index in [9.17, 15) is 0 Å². The van der Waals surface area contributed by atoms with Crippen LogP contribution in [0.2, 0.25) is 5.15 Å². The second-order valence-electron chi connectivity index (χ2n) is 3.26. The van der Waals surface area contributed by atoms with Crippen molar-refractivity contribution in [2.75, 3.05) is 11.9 Å². The second-order valence-corrected chi connectivity index (χ2v) is 3.65. The maximum absolute atomic E-state index is 5.71. The molecule has 82 valence electrons. The lowest BCUT2D eigenvalue weighted by molar-refractivity contribution is 0.952. The van der Waals surface area contributed by atoms with Crippen LogP contribution in [0.15, 0.2) is 36.7 Å². The summed E-state index contributed by atoms with van der Waals surface area (Å²) < 4.78 is 0. The highest BCUT2D eigenvalue weighted by Crippen LogP contribution is 2.09. The largest absolute Gasteiger partial charge is 0.383 e. The Bertz CT molecular complexity index is 447. The molecule has 0 fully saturated rings. The van der Waals surface area contributed by atoms with Crippen molar-refractivity contribution in [1.29, 1.82) is 0 Å². The van der Waals surface area contributed by atoms with Crippen molar-refractivity contribution in [2.45, 2.75) is 6.42 Å². The molecule has 5 heteroatoms. The van der Waals surface area contributed by atoms with E-state index in [1.165, 1.54) is 0 Å². The lowest BCUT2D eigenvalue weighted by atomic mass is 10.2. The number of aromatic nitrogens is 3. The van der Waals surface area contributed by atoms with Crippen LogP contribution in [0.5, 0.6) is 0 Å². The van der Waals surface area contributed by atoms with Gasteiger partial charge in [0.05, 0.1) is 11.9 Å². The Kier molecular flexibility index (Phi) is 3.66. The Labute approximate surface area is 98.7 Å². The summed E-state index contributed by atoms with van der Waals surface area (Å²) in [6.07, 6.45) is 4.30. The molecule has 2 aromatic heterocycles. The minimum absolute atomic E-state index is 0.392. The third-order valence-electron chi connectivity index (χ3n) is 2.06. The summed E-state index contributed by atoms with van der Waals surface area (Å²) in [4.78, 5) is 4.23. The summed E-state index contributed by atoms with van der Waals surface area (Å²) >= 11 is 5.71. The monoisotopic (exact) mass is 234 g/mol. The van der Waals surface area contributed by atoms with Gasteiger partial charge in [0.2, 0.25) is 0 Å². The predicted octanol–water partition coefficient (Wildman–Crippen LogP) is 2.18. The van der Waals surface area contributed by atoms with Crippen molar-refractivity contribution in [1.82, 2.24) is 15.2 Å². The van der Waals surface area contributed by atoms with E-state index < -0.39 is 0 Å². The van der Waals surface area contributed by atoms with Gasteiger partial charge in [0.25, 0.3) is 0 Å². The van der Waals surface area contributed by atoms with Gasteiger partial charge in [-0.2, -0.15) is 5.10 Å². The Morgan fingerprint density at radius 1 is 1.31 bits per heavy atom. The molecule has 0 aliphatic rings. The van der Waals surface area contributed by atoms with Gasteiger partial charge in [-0.15, -0.1) is 5.10 Å². The van der Waals surface area contributed by atoms with Crippen molar-refractivity contribution in [2.24, 2.45) is 0 Å². The molecule has 0 atom stereocenters. The minimum atomic E-state index is 0.392. The van der Waals surface area contributed by atoms with Crippen molar-refractivity contribution in [3.8, 4) is 0 Å². The summed E-state index contributed by atoms with van der Waals surface area (Å²) in [5.41, 5.74) is 1.93. The molecule has 2 aromatic rings. The van der Waals surface area contributed by atoms with Crippen molar-refractivity contribution in [3.05, 3.63) is 47.5 Å². The molecule has 16 heavy (non-hydrogen) atoms. The number of rotatable bonds is 4. The lowest BCUT2D eigenvalue weighted by Crippen LogP contribution is -2.06. The van der Waals surface area contributed by atoms with E-state index in [2.05, 4.69) is 20.5 Å². The fraction of sp³-hybridized carbons (Fsp3) is 0.182. The van der Waals surface area contributed by atoms with Crippen LogP contribution in [0, 0.1) is 0 Å². The van der Waals surface area contributed by atoms with E-state index in [-0.39, 0.29) is 0 Å². The topological polar surface area (TPSA) is 50.7 Å². The highest BCUT2D eigenvalue weighted by atomic mass is 35.5. The first-order valence-corrected chi connectivity index (χ1v) is 5.34. The summed E-state index contributed by atoms with van der Waals surface area (Å²) in [6, 6.07) is 7.63. The van der Waals surface area contributed by atoms with Gasteiger partial charge in [-0.1, -0.05) is 17.7 Å². The molecule has 1 N–H and O–H groups in total. The molecule has 0 bridgehead atoms. The zero-order chi connectivity index (χ0) is 11.2. The fourth-order valence-corrected chi connectivity index (χ4v) is 1.48. The molecular formula is C11H11ClN4. The molecule has 0 amide bonds. The average molecular weight is 235 g/mol. The maximum atomic E-state index is 5.71. The number of halogens is 1. The SMILES string of the molecule is Clc1cc(NCCc2ccccn2)cnn1. The fourth-order valence-electron chi connectivity index (χ4n) is 1.32. The van der Waals surface area contributed by atoms with Crippen molar-refractivity contribution in [3.63, 3.8) is 0 Å².